The molecule has 12 heavy (non-hydrogen) atoms. The molecule has 0 radical (unpaired) electrons. The Bertz CT molecular complexity index is 130. The van der Waals surface area contributed by atoms with Gasteiger partial charge in [-0.05, 0) is 25.8 Å². The third-order valence-corrected chi connectivity index (χ3v) is 2.25. The first kappa shape index (κ1) is 11.7. The molecule has 1 unspecified atom stereocenters. The molecule has 0 fully saturated rings. The van der Waals surface area contributed by atoms with E-state index >= 15 is 0 Å². The molecule has 2 N–H and O–H groups in total. The summed E-state index contributed by atoms with van der Waals surface area (Å²) in [6.07, 6.45) is 2.82. The predicted molar refractivity (Wildman–Crippen MR) is 53.1 cm³/mol. The Morgan fingerprint density at radius 3 is 2.58 bits per heavy atom. The van der Waals surface area contributed by atoms with Gasteiger partial charge in [0.05, 0.1) is 5.60 Å². The van der Waals surface area contributed by atoms with Crippen molar-refractivity contribution in [1.29, 1.82) is 0 Å². The van der Waals surface area contributed by atoms with E-state index in [0.29, 0.717) is 6.54 Å². The summed E-state index contributed by atoms with van der Waals surface area (Å²) in [6.45, 7) is 11.1. The molecule has 2 nitrogen and oxygen atoms in total. The quantitative estimate of drug-likeness (QED) is 0.469. The third kappa shape index (κ3) is 4.52. The van der Waals surface area contributed by atoms with Gasteiger partial charge in [0.1, 0.15) is 0 Å². The number of hydrogen-bond acceptors (Lipinski definition) is 2. The van der Waals surface area contributed by atoms with E-state index in [-0.39, 0.29) is 5.92 Å². The molecule has 0 aliphatic carbocycles. The van der Waals surface area contributed by atoms with Crippen LogP contribution >= 0.6 is 0 Å². The van der Waals surface area contributed by atoms with Crippen molar-refractivity contribution < 1.29 is 5.11 Å². The zero-order valence-electron chi connectivity index (χ0n) is 8.43. The first-order valence-corrected chi connectivity index (χ1v) is 4.54. The Kier molecular flexibility index (Phi) is 5.18. The van der Waals surface area contributed by atoms with Crippen LogP contribution < -0.4 is 5.32 Å². The van der Waals surface area contributed by atoms with Crippen LogP contribution in [0.15, 0.2) is 12.7 Å². The van der Waals surface area contributed by atoms with E-state index in [9.17, 15) is 5.11 Å². The summed E-state index contributed by atoms with van der Waals surface area (Å²) in [7, 11) is 0. The molecule has 0 aliphatic rings. The van der Waals surface area contributed by atoms with Crippen molar-refractivity contribution in [1.82, 2.24) is 5.32 Å². The summed E-state index contributed by atoms with van der Waals surface area (Å²) in [6, 6.07) is 0. The van der Waals surface area contributed by atoms with Gasteiger partial charge >= 0.3 is 0 Å². The average molecular weight is 171 g/mol. The highest BCUT2D eigenvalue weighted by atomic mass is 16.3. The molecule has 0 amide bonds. The smallest absolute Gasteiger partial charge is 0.0766 e. The van der Waals surface area contributed by atoms with Crippen molar-refractivity contribution in [2.45, 2.75) is 32.8 Å². The zero-order chi connectivity index (χ0) is 9.61. The van der Waals surface area contributed by atoms with Crippen molar-refractivity contribution >= 4 is 0 Å². The van der Waals surface area contributed by atoms with E-state index in [1.807, 2.05) is 26.8 Å². The molecule has 0 heterocycles. The van der Waals surface area contributed by atoms with E-state index < -0.39 is 5.60 Å². The average Bonchev–Trinajstić information content (AvgIpc) is 1.98. The molecular formula is C10H21NO. The fourth-order valence-corrected chi connectivity index (χ4v) is 0.750. The Hall–Kier alpha value is -0.340. The van der Waals surface area contributed by atoms with Crippen molar-refractivity contribution in [3.05, 3.63) is 12.7 Å². The maximum atomic E-state index is 9.80. The molecule has 1 atom stereocenters. The number of hydrogen-bond donors (Lipinski definition) is 2. The second-order valence-electron chi connectivity index (χ2n) is 3.77. The molecule has 0 saturated heterocycles. The maximum Gasteiger partial charge on any atom is 0.0766 e. The van der Waals surface area contributed by atoms with E-state index in [1.165, 1.54) is 0 Å². The highest BCUT2D eigenvalue weighted by Crippen LogP contribution is 2.14. The SMILES string of the molecule is C=CCCNCC(C)(O)C(C)C. The summed E-state index contributed by atoms with van der Waals surface area (Å²) < 4.78 is 0. The largest absolute Gasteiger partial charge is 0.389 e. The Morgan fingerprint density at radius 2 is 2.17 bits per heavy atom. The van der Waals surface area contributed by atoms with Gasteiger partial charge in [0.2, 0.25) is 0 Å². The minimum atomic E-state index is -0.596. The van der Waals surface area contributed by atoms with Gasteiger partial charge in [0.15, 0.2) is 0 Å². The van der Waals surface area contributed by atoms with E-state index in [1.54, 1.807) is 0 Å². The third-order valence-electron chi connectivity index (χ3n) is 2.25. The van der Waals surface area contributed by atoms with Gasteiger partial charge in [-0.25, -0.2) is 0 Å². The van der Waals surface area contributed by atoms with Gasteiger partial charge < -0.3 is 10.4 Å². The molecule has 0 bridgehead atoms. The van der Waals surface area contributed by atoms with Gasteiger partial charge in [-0.3, -0.25) is 0 Å². The van der Waals surface area contributed by atoms with Crippen molar-refractivity contribution in [3.63, 3.8) is 0 Å². The van der Waals surface area contributed by atoms with E-state index in [0.717, 1.165) is 13.0 Å². The lowest BCUT2D eigenvalue weighted by atomic mass is 9.92. The minimum absolute atomic E-state index is 0.286. The summed E-state index contributed by atoms with van der Waals surface area (Å²) in [5.74, 6) is 0.286. The fourth-order valence-electron chi connectivity index (χ4n) is 0.750. The monoisotopic (exact) mass is 171 g/mol. The summed E-state index contributed by atoms with van der Waals surface area (Å²) in [5.41, 5.74) is -0.596. The van der Waals surface area contributed by atoms with E-state index in [4.69, 9.17) is 0 Å². The molecule has 0 spiro atoms. The van der Waals surface area contributed by atoms with Crippen molar-refractivity contribution in [2.75, 3.05) is 13.1 Å². The van der Waals surface area contributed by atoms with Gasteiger partial charge in [0.25, 0.3) is 0 Å². The predicted octanol–water partition coefficient (Wildman–Crippen LogP) is 1.56. The topological polar surface area (TPSA) is 32.3 Å². The highest BCUT2D eigenvalue weighted by molar-refractivity contribution is 4.79. The fraction of sp³-hybridized carbons (Fsp3) is 0.800. The number of aliphatic hydroxyl groups is 1. The Labute approximate surface area is 75.7 Å². The first-order valence-electron chi connectivity index (χ1n) is 4.54. The molecule has 0 aromatic heterocycles. The van der Waals surface area contributed by atoms with Gasteiger partial charge in [-0.15, -0.1) is 6.58 Å². The van der Waals surface area contributed by atoms with Crippen LogP contribution in [0.3, 0.4) is 0 Å². The molecule has 0 rings (SSSR count). The number of rotatable bonds is 6. The summed E-state index contributed by atoms with van der Waals surface area (Å²) in [5, 5.41) is 13.0. The molecule has 0 aliphatic heterocycles. The molecule has 72 valence electrons. The lowest BCUT2D eigenvalue weighted by Gasteiger charge is -2.27. The van der Waals surface area contributed by atoms with Gasteiger partial charge in [0, 0.05) is 6.54 Å². The van der Waals surface area contributed by atoms with Crippen LogP contribution in [-0.4, -0.2) is 23.8 Å². The lowest BCUT2D eigenvalue weighted by molar-refractivity contribution is 0.0145. The van der Waals surface area contributed by atoms with Crippen LogP contribution in [0.25, 0.3) is 0 Å². The maximum absolute atomic E-state index is 9.80. The Balaban J connectivity index is 3.54. The van der Waals surface area contributed by atoms with Crippen LogP contribution in [0.1, 0.15) is 27.2 Å². The second kappa shape index (κ2) is 5.33. The molecule has 0 aromatic rings. The van der Waals surface area contributed by atoms with Crippen LogP contribution in [0.5, 0.6) is 0 Å². The highest BCUT2D eigenvalue weighted by Gasteiger charge is 2.23. The van der Waals surface area contributed by atoms with Crippen LogP contribution in [-0.2, 0) is 0 Å². The van der Waals surface area contributed by atoms with Crippen molar-refractivity contribution in [2.24, 2.45) is 5.92 Å². The molecule has 2 heteroatoms. The van der Waals surface area contributed by atoms with Gasteiger partial charge in [-0.1, -0.05) is 19.9 Å². The van der Waals surface area contributed by atoms with Crippen LogP contribution in [0.4, 0.5) is 0 Å². The second-order valence-corrected chi connectivity index (χ2v) is 3.77. The zero-order valence-corrected chi connectivity index (χ0v) is 8.43. The standard InChI is InChI=1S/C10H21NO/c1-5-6-7-11-8-10(4,12)9(2)3/h5,9,11-12H,1,6-8H2,2-4H3. The molecule has 0 saturated carbocycles. The normalized spacial score (nSPS) is 16.1. The molecular weight excluding hydrogens is 150 g/mol. The first-order chi connectivity index (χ1) is 5.50. The molecule has 0 aromatic carbocycles. The summed E-state index contributed by atoms with van der Waals surface area (Å²) in [4.78, 5) is 0. The summed E-state index contributed by atoms with van der Waals surface area (Å²) >= 11 is 0. The lowest BCUT2D eigenvalue weighted by Crippen LogP contribution is -2.42. The van der Waals surface area contributed by atoms with Crippen LogP contribution in [0, 0.1) is 5.92 Å². The van der Waals surface area contributed by atoms with Gasteiger partial charge in [-0.2, -0.15) is 0 Å². The van der Waals surface area contributed by atoms with Crippen molar-refractivity contribution in [3.8, 4) is 0 Å². The minimum Gasteiger partial charge on any atom is -0.389 e. The van der Waals surface area contributed by atoms with Crippen LogP contribution in [0.2, 0.25) is 0 Å². The Morgan fingerprint density at radius 1 is 1.58 bits per heavy atom. The van der Waals surface area contributed by atoms with E-state index in [2.05, 4.69) is 11.9 Å². The number of nitrogens with one attached hydrogen (secondary N) is 1.